The van der Waals surface area contributed by atoms with Crippen LogP contribution >= 0.6 is 0 Å². The summed E-state index contributed by atoms with van der Waals surface area (Å²) in [6.45, 7) is 4.58. The Hall–Kier alpha value is -3.28. The maximum Gasteiger partial charge on any atom is 0.229 e. The van der Waals surface area contributed by atoms with Crippen LogP contribution in [0.5, 0.6) is 11.5 Å². The third-order valence-electron chi connectivity index (χ3n) is 3.71. The SMILES string of the molecule is CCOc1ccccc1Nc1ccnc(Nc2cc(C)ccc2OC)n1. The number of hydrogen-bond acceptors (Lipinski definition) is 6. The second-order valence-corrected chi connectivity index (χ2v) is 5.65. The van der Waals surface area contributed by atoms with Gasteiger partial charge in [0.1, 0.15) is 17.3 Å². The van der Waals surface area contributed by atoms with E-state index < -0.39 is 0 Å². The zero-order valence-electron chi connectivity index (χ0n) is 15.1. The highest BCUT2D eigenvalue weighted by molar-refractivity contribution is 5.67. The number of ether oxygens (including phenoxy) is 2. The van der Waals surface area contributed by atoms with Gasteiger partial charge in [-0.2, -0.15) is 4.98 Å². The minimum Gasteiger partial charge on any atom is -0.495 e. The zero-order valence-corrected chi connectivity index (χ0v) is 15.1. The monoisotopic (exact) mass is 350 g/mol. The smallest absolute Gasteiger partial charge is 0.229 e. The Morgan fingerprint density at radius 3 is 2.62 bits per heavy atom. The Balaban J connectivity index is 1.82. The molecule has 2 aromatic carbocycles. The number of nitrogens with zero attached hydrogens (tertiary/aromatic N) is 2. The van der Waals surface area contributed by atoms with Crippen LogP contribution < -0.4 is 20.1 Å². The molecule has 0 aliphatic heterocycles. The van der Waals surface area contributed by atoms with E-state index in [1.165, 1.54) is 0 Å². The number of benzene rings is 2. The maximum atomic E-state index is 5.64. The van der Waals surface area contributed by atoms with Crippen molar-refractivity contribution in [2.75, 3.05) is 24.4 Å². The van der Waals surface area contributed by atoms with Crippen LogP contribution in [0.15, 0.2) is 54.7 Å². The van der Waals surface area contributed by atoms with Crippen LogP contribution in [0.1, 0.15) is 12.5 Å². The average molecular weight is 350 g/mol. The molecule has 0 bridgehead atoms. The van der Waals surface area contributed by atoms with Crippen molar-refractivity contribution in [1.29, 1.82) is 0 Å². The number of aromatic nitrogens is 2. The molecule has 0 unspecified atom stereocenters. The summed E-state index contributed by atoms with van der Waals surface area (Å²) in [6, 6.07) is 15.5. The van der Waals surface area contributed by atoms with E-state index in [1.54, 1.807) is 19.4 Å². The fourth-order valence-electron chi connectivity index (χ4n) is 2.52. The van der Waals surface area contributed by atoms with Crippen molar-refractivity contribution < 1.29 is 9.47 Å². The van der Waals surface area contributed by atoms with Crippen LogP contribution in [0.25, 0.3) is 0 Å². The van der Waals surface area contributed by atoms with Gasteiger partial charge in [0.05, 0.1) is 25.1 Å². The molecule has 0 amide bonds. The molecular weight excluding hydrogens is 328 g/mol. The van der Waals surface area contributed by atoms with E-state index >= 15 is 0 Å². The summed E-state index contributed by atoms with van der Waals surface area (Å²) in [5.41, 5.74) is 2.79. The van der Waals surface area contributed by atoms with Crippen molar-refractivity contribution in [3.8, 4) is 11.5 Å². The standard InChI is InChI=1S/C20H22N4O2/c1-4-26-18-8-6-5-7-15(18)22-19-11-12-21-20(24-19)23-16-13-14(2)9-10-17(16)25-3/h5-13H,4H2,1-3H3,(H2,21,22,23,24). The molecule has 134 valence electrons. The number of anilines is 4. The highest BCUT2D eigenvalue weighted by Crippen LogP contribution is 2.29. The first-order chi connectivity index (χ1) is 12.7. The van der Waals surface area contributed by atoms with Gasteiger partial charge >= 0.3 is 0 Å². The molecule has 2 N–H and O–H groups in total. The fraction of sp³-hybridized carbons (Fsp3) is 0.200. The Kier molecular flexibility index (Phi) is 5.53. The largest absolute Gasteiger partial charge is 0.495 e. The first-order valence-electron chi connectivity index (χ1n) is 8.43. The molecule has 0 saturated heterocycles. The second-order valence-electron chi connectivity index (χ2n) is 5.65. The topological polar surface area (TPSA) is 68.3 Å². The Labute approximate surface area is 153 Å². The number of para-hydroxylation sites is 2. The van der Waals surface area contributed by atoms with E-state index in [2.05, 4.69) is 20.6 Å². The average Bonchev–Trinajstić information content (AvgIpc) is 2.64. The minimum absolute atomic E-state index is 0.479. The van der Waals surface area contributed by atoms with Crippen molar-refractivity contribution in [2.45, 2.75) is 13.8 Å². The highest BCUT2D eigenvalue weighted by Gasteiger charge is 2.08. The summed E-state index contributed by atoms with van der Waals surface area (Å²) in [5, 5.41) is 6.49. The van der Waals surface area contributed by atoms with E-state index in [1.807, 2.05) is 56.3 Å². The normalized spacial score (nSPS) is 10.3. The summed E-state index contributed by atoms with van der Waals surface area (Å²) in [4.78, 5) is 8.82. The van der Waals surface area contributed by atoms with Crippen LogP contribution in [-0.2, 0) is 0 Å². The molecule has 0 radical (unpaired) electrons. The number of methoxy groups -OCH3 is 1. The number of rotatable bonds is 7. The Morgan fingerprint density at radius 1 is 0.962 bits per heavy atom. The van der Waals surface area contributed by atoms with Crippen molar-refractivity contribution >= 4 is 23.1 Å². The predicted octanol–water partition coefficient (Wildman–Crippen LogP) is 4.68. The van der Waals surface area contributed by atoms with Gasteiger partial charge in [0, 0.05) is 6.20 Å². The van der Waals surface area contributed by atoms with Crippen LogP contribution in [0.4, 0.5) is 23.1 Å². The molecule has 3 aromatic rings. The van der Waals surface area contributed by atoms with Gasteiger partial charge in [0.15, 0.2) is 0 Å². The second kappa shape index (κ2) is 8.20. The summed E-state index contributed by atoms with van der Waals surface area (Å²) in [7, 11) is 1.64. The summed E-state index contributed by atoms with van der Waals surface area (Å²) in [5.74, 6) is 2.66. The third kappa shape index (κ3) is 4.22. The number of hydrogen-bond donors (Lipinski definition) is 2. The molecule has 0 spiro atoms. The van der Waals surface area contributed by atoms with Crippen molar-refractivity contribution in [1.82, 2.24) is 9.97 Å². The Morgan fingerprint density at radius 2 is 1.81 bits per heavy atom. The molecule has 6 nitrogen and oxygen atoms in total. The molecule has 3 rings (SSSR count). The number of aryl methyl sites for hydroxylation is 1. The summed E-state index contributed by atoms with van der Waals surface area (Å²) >= 11 is 0. The maximum absolute atomic E-state index is 5.64. The lowest BCUT2D eigenvalue weighted by Gasteiger charge is -2.13. The molecule has 1 heterocycles. The van der Waals surface area contributed by atoms with Gasteiger partial charge in [-0.1, -0.05) is 18.2 Å². The third-order valence-corrected chi connectivity index (χ3v) is 3.71. The first-order valence-corrected chi connectivity index (χ1v) is 8.43. The molecule has 0 aliphatic rings. The zero-order chi connectivity index (χ0) is 18.4. The van der Waals surface area contributed by atoms with Crippen LogP contribution in [-0.4, -0.2) is 23.7 Å². The quantitative estimate of drug-likeness (QED) is 0.645. The van der Waals surface area contributed by atoms with Crippen LogP contribution in [0, 0.1) is 6.92 Å². The van der Waals surface area contributed by atoms with Gasteiger partial charge in [-0.15, -0.1) is 0 Å². The minimum atomic E-state index is 0.479. The van der Waals surface area contributed by atoms with E-state index in [4.69, 9.17) is 9.47 Å². The lowest BCUT2D eigenvalue weighted by Crippen LogP contribution is -2.03. The lowest BCUT2D eigenvalue weighted by atomic mass is 10.2. The lowest BCUT2D eigenvalue weighted by molar-refractivity contribution is 0.342. The molecule has 0 atom stereocenters. The van der Waals surface area contributed by atoms with Gasteiger partial charge in [-0.25, -0.2) is 4.98 Å². The van der Waals surface area contributed by atoms with Gasteiger partial charge in [0.2, 0.25) is 5.95 Å². The van der Waals surface area contributed by atoms with Crippen molar-refractivity contribution in [2.24, 2.45) is 0 Å². The summed E-state index contributed by atoms with van der Waals surface area (Å²) in [6.07, 6.45) is 1.70. The molecular formula is C20H22N4O2. The van der Waals surface area contributed by atoms with E-state index in [-0.39, 0.29) is 0 Å². The first kappa shape index (κ1) is 17.5. The molecule has 0 saturated carbocycles. The molecule has 6 heteroatoms. The van der Waals surface area contributed by atoms with E-state index in [0.717, 1.165) is 28.4 Å². The van der Waals surface area contributed by atoms with Crippen molar-refractivity contribution in [3.05, 3.63) is 60.3 Å². The van der Waals surface area contributed by atoms with Crippen molar-refractivity contribution in [3.63, 3.8) is 0 Å². The van der Waals surface area contributed by atoms with Gasteiger partial charge in [0.25, 0.3) is 0 Å². The number of nitrogens with one attached hydrogen (secondary N) is 2. The van der Waals surface area contributed by atoms with Crippen LogP contribution in [0.3, 0.4) is 0 Å². The molecule has 0 fully saturated rings. The van der Waals surface area contributed by atoms with E-state index in [9.17, 15) is 0 Å². The van der Waals surface area contributed by atoms with Gasteiger partial charge in [-0.3, -0.25) is 0 Å². The van der Waals surface area contributed by atoms with Gasteiger partial charge in [-0.05, 0) is 49.7 Å². The van der Waals surface area contributed by atoms with E-state index in [0.29, 0.717) is 18.4 Å². The summed E-state index contributed by atoms with van der Waals surface area (Å²) < 4.78 is 11.0. The molecule has 26 heavy (non-hydrogen) atoms. The fourth-order valence-corrected chi connectivity index (χ4v) is 2.52. The predicted molar refractivity (Wildman–Crippen MR) is 104 cm³/mol. The highest BCUT2D eigenvalue weighted by atomic mass is 16.5. The molecule has 0 aliphatic carbocycles. The Bertz CT molecular complexity index is 883. The van der Waals surface area contributed by atoms with Crippen LogP contribution in [0.2, 0.25) is 0 Å². The van der Waals surface area contributed by atoms with Gasteiger partial charge < -0.3 is 20.1 Å². The molecule has 1 aromatic heterocycles.